The van der Waals surface area contributed by atoms with E-state index in [2.05, 4.69) is 21.6 Å². The Morgan fingerprint density at radius 1 is 1.03 bits per heavy atom. The number of furan rings is 1. The standard InChI is InChI=1S/C24H27FN4O4S/c1-27-8-10-29(11-9-27)16-4-5-20(32-2)23(14-16)34(31)26-24(30)22-15-18-19(25)12-17(13-21(18)33-22)28-6-3-7-28/h4-5,12-15H,3,6-11H2,1-2H3,(H,26,30). The van der Waals surface area contributed by atoms with Crippen LogP contribution in [-0.4, -0.2) is 68.4 Å². The molecule has 1 amide bonds. The van der Waals surface area contributed by atoms with Gasteiger partial charge in [-0.25, -0.2) is 8.60 Å². The molecule has 2 saturated heterocycles. The first kappa shape index (κ1) is 22.7. The summed E-state index contributed by atoms with van der Waals surface area (Å²) in [5.41, 5.74) is 1.93. The van der Waals surface area contributed by atoms with Gasteiger partial charge in [-0.15, -0.1) is 0 Å². The van der Waals surface area contributed by atoms with E-state index in [4.69, 9.17) is 9.15 Å². The molecule has 1 N–H and O–H groups in total. The van der Waals surface area contributed by atoms with Gasteiger partial charge < -0.3 is 23.9 Å². The number of hydrogen-bond donors (Lipinski definition) is 1. The summed E-state index contributed by atoms with van der Waals surface area (Å²) in [6.45, 7) is 5.31. The van der Waals surface area contributed by atoms with Crippen LogP contribution in [0.3, 0.4) is 0 Å². The average molecular weight is 487 g/mol. The quantitative estimate of drug-likeness (QED) is 0.574. The first-order valence-corrected chi connectivity index (χ1v) is 12.4. The van der Waals surface area contributed by atoms with E-state index in [0.717, 1.165) is 57.1 Å². The Morgan fingerprint density at radius 3 is 2.44 bits per heavy atom. The van der Waals surface area contributed by atoms with E-state index >= 15 is 0 Å². The number of fused-ring (bicyclic) bond motifs is 1. The van der Waals surface area contributed by atoms with Crippen LogP contribution in [-0.2, 0) is 11.0 Å². The Kier molecular flexibility index (Phi) is 6.18. The summed E-state index contributed by atoms with van der Waals surface area (Å²) < 4.78 is 41.2. The van der Waals surface area contributed by atoms with Crippen molar-refractivity contribution >= 4 is 39.2 Å². The highest BCUT2D eigenvalue weighted by molar-refractivity contribution is 7.83. The Balaban J connectivity index is 1.36. The molecule has 1 unspecified atom stereocenters. The molecule has 0 radical (unpaired) electrons. The fourth-order valence-corrected chi connectivity index (χ4v) is 5.15. The van der Waals surface area contributed by atoms with E-state index in [1.165, 1.54) is 19.2 Å². The van der Waals surface area contributed by atoms with E-state index in [1.54, 1.807) is 18.2 Å². The van der Waals surface area contributed by atoms with Gasteiger partial charge in [-0.2, -0.15) is 0 Å². The number of anilines is 2. The zero-order valence-electron chi connectivity index (χ0n) is 19.2. The number of carbonyl (C=O) groups excluding carboxylic acids is 1. The number of methoxy groups -OCH3 is 1. The first-order chi connectivity index (χ1) is 16.4. The molecule has 0 spiro atoms. The van der Waals surface area contributed by atoms with Gasteiger partial charge in [0.15, 0.2) is 16.7 Å². The second kappa shape index (κ2) is 9.27. The van der Waals surface area contributed by atoms with Gasteiger partial charge in [0.25, 0.3) is 5.91 Å². The van der Waals surface area contributed by atoms with Crippen LogP contribution in [0.15, 0.2) is 45.7 Å². The van der Waals surface area contributed by atoms with Crippen molar-refractivity contribution in [2.24, 2.45) is 0 Å². The lowest BCUT2D eigenvalue weighted by molar-refractivity contribution is 0.0958. The van der Waals surface area contributed by atoms with E-state index in [0.29, 0.717) is 10.6 Å². The number of halogens is 1. The fraction of sp³-hybridized carbons (Fsp3) is 0.375. The van der Waals surface area contributed by atoms with Crippen molar-refractivity contribution in [1.82, 2.24) is 9.62 Å². The van der Waals surface area contributed by atoms with Crippen LogP contribution in [0.1, 0.15) is 17.0 Å². The largest absolute Gasteiger partial charge is 0.495 e. The monoisotopic (exact) mass is 486 g/mol. The summed E-state index contributed by atoms with van der Waals surface area (Å²) in [5.74, 6) is -0.833. The Morgan fingerprint density at radius 2 is 1.76 bits per heavy atom. The molecule has 0 bridgehead atoms. The van der Waals surface area contributed by atoms with Crippen molar-refractivity contribution in [1.29, 1.82) is 0 Å². The molecule has 180 valence electrons. The highest BCUT2D eigenvalue weighted by Crippen LogP contribution is 2.31. The van der Waals surface area contributed by atoms with Crippen molar-refractivity contribution in [2.75, 3.05) is 63.2 Å². The number of benzene rings is 2. The van der Waals surface area contributed by atoms with Crippen molar-refractivity contribution in [3.63, 3.8) is 0 Å². The van der Waals surface area contributed by atoms with E-state index in [1.807, 2.05) is 11.0 Å². The summed E-state index contributed by atoms with van der Waals surface area (Å²) in [4.78, 5) is 19.7. The summed E-state index contributed by atoms with van der Waals surface area (Å²) in [7, 11) is 1.67. The van der Waals surface area contributed by atoms with Crippen molar-refractivity contribution in [3.05, 3.63) is 48.0 Å². The molecule has 34 heavy (non-hydrogen) atoms. The van der Waals surface area contributed by atoms with Gasteiger partial charge in [0.05, 0.1) is 12.5 Å². The highest BCUT2D eigenvalue weighted by atomic mass is 32.2. The van der Waals surface area contributed by atoms with Crippen LogP contribution >= 0.6 is 0 Å². The van der Waals surface area contributed by atoms with E-state index in [9.17, 15) is 13.4 Å². The number of likely N-dealkylation sites (N-methyl/N-ethyl adjacent to an activating group) is 1. The van der Waals surface area contributed by atoms with Crippen LogP contribution < -0.4 is 19.3 Å². The lowest BCUT2D eigenvalue weighted by Gasteiger charge is -2.34. The van der Waals surface area contributed by atoms with E-state index in [-0.39, 0.29) is 16.7 Å². The third kappa shape index (κ3) is 4.35. The van der Waals surface area contributed by atoms with Gasteiger partial charge in [0.1, 0.15) is 22.0 Å². The van der Waals surface area contributed by atoms with Crippen LogP contribution in [0.4, 0.5) is 15.8 Å². The number of rotatable bonds is 6. The van der Waals surface area contributed by atoms with Crippen LogP contribution in [0.5, 0.6) is 5.75 Å². The molecule has 8 nitrogen and oxygen atoms in total. The third-order valence-electron chi connectivity index (χ3n) is 6.42. The summed E-state index contributed by atoms with van der Waals surface area (Å²) in [5, 5.41) is 0.217. The third-order valence-corrected chi connectivity index (χ3v) is 7.51. The Hall–Kier alpha value is -3.11. The predicted molar refractivity (Wildman–Crippen MR) is 130 cm³/mol. The minimum atomic E-state index is -1.90. The van der Waals surface area contributed by atoms with Crippen LogP contribution in [0, 0.1) is 5.82 Å². The maximum absolute atomic E-state index is 14.6. The zero-order chi connectivity index (χ0) is 23.8. The number of hydrogen-bond acceptors (Lipinski definition) is 7. The summed E-state index contributed by atoms with van der Waals surface area (Å²) >= 11 is 0. The fourth-order valence-electron chi connectivity index (χ4n) is 4.21. The number of nitrogens with zero attached hydrogens (tertiary/aromatic N) is 3. The summed E-state index contributed by atoms with van der Waals surface area (Å²) in [6.07, 6.45) is 1.07. The zero-order valence-corrected chi connectivity index (χ0v) is 20.0. The highest BCUT2D eigenvalue weighted by Gasteiger charge is 2.23. The van der Waals surface area contributed by atoms with Gasteiger partial charge in [0.2, 0.25) is 0 Å². The number of nitrogens with one attached hydrogen (secondary N) is 1. The minimum absolute atomic E-state index is 0.0998. The maximum atomic E-state index is 14.6. The Bertz CT molecular complexity index is 1250. The first-order valence-electron chi connectivity index (χ1n) is 11.3. The molecule has 3 aromatic rings. The molecule has 0 aliphatic carbocycles. The molecule has 2 aliphatic rings. The molecule has 5 rings (SSSR count). The van der Waals surface area contributed by atoms with Gasteiger partial charge in [-0.1, -0.05) is 0 Å². The molecular formula is C24H27FN4O4S. The average Bonchev–Trinajstić information content (AvgIpc) is 3.23. The molecular weight excluding hydrogens is 459 g/mol. The molecule has 0 saturated carbocycles. The van der Waals surface area contributed by atoms with Gasteiger partial charge in [0, 0.05) is 62.8 Å². The van der Waals surface area contributed by atoms with Crippen molar-refractivity contribution in [3.8, 4) is 5.75 Å². The normalized spacial score (nSPS) is 17.5. The molecule has 2 aliphatic heterocycles. The van der Waals surface area contributed by atoms with Crippen molar-refractivity contribution < 1.29 is 22.5 Å². The molecule has 2 aromatic carbocycles. The van der Waals surface area contributed by atoms with E-state index < -0.39 is 22.7 Å². The molecule has 10 heteroatoms. The lowest BCUT2D eigenvalue weighted by atomic mass is 10.1. The number of piperazine rings is 1. The minimum Gasteiger partial charge on any atom is -0.495 e. The second-order valence-electron chi connectivity index (χ2n) is 8.62. The van der Waals surface area contributed by atoms with Crippen LogP contribution in [0.2, 0.25) is 0 Å². The van der Waals surface area contributed by atoms with Gasteiger partial charge in [-0.3, -0.25) is 9.52 Å². The van der Waals surface area contributed by atoms with Crippen molar-refractivity contribution in [2.45, 2.75) is 11.3 Å². The second-order valence-corrected chi connectivity index (χ2v) is 9.80. The van der Waals surface area contributed by atoms with Crippen LogP contribution in [0.25, 0.3) is 11.0 Å². The molecule has 2 fully saturated rings. The lowest BCUT2D eigenvalue weighted by Crippen LogP contribution is -2.44. The molecule has 3 heterocycles. The van der Waals surface area contributed by atoms with Gasteiger partial charge in [-0.05, 0) is 37.7 Å². The summed E-state index contributed by atoms with van der Waals surface area (Å²) in [6, 6.07) is 9.97. The molecule has 1 aromatic heterocycles. The Labute approximate surface area is 199 Å². The van der Waals surface area contributed by atoms with Gasteiger partial charge >= 0.3 is 0 Å². The topological polar surface area (TPSA) is 78.3 Å². The number of carbonyl (C=O) groups is 1. The molecule has 1 atom stereocenters. The predicted octanol–water partition coefficient (Wildman–Crippen LogP) is 3.00. The maximum Gasteiger partial charge on any atom is 0.298 e. The SMILES string of the molecule is COc1ccc(N2CCN(C)CC2)cc1S(=O)NC(=O)c1cc2c(F)cc(N3CCC3)cc2o1. The number of ether oxygens (including phenoxy) is 1. The number of amides is 1. The smallest absolute Gasteiger partial charge is 0.298 e.